The number of hydrogen-bond donors (Lipinski definition) is 0. The maximum Gasteiger partial charge on any atom is 0.101 e. The van der Waals surface area contributed by atoms with Crippen molar-refractivity contribution in [3.8, 4) is 17.3 Å². The van der Waals surface area contributed by atoms with E-state index in [1.54, 1.807) is 18.5 Å². The lowest BCUT2D eigenvalue weighted by atomic mass is 10.1. The molecule has 0 radical (unpaired) electrons. The molecule has 0 spiro atoms. The fourth-order valence-corrected chi connectivity index (χ4v) is 1.36. The van der Waals surface area contributed by atoms with Gasteiger partial charge in [0.2, 0.25) is 0 Å². The SMILES string of the molecule is Cc1nc(-c2ccncc2)ccc1C#N. The van der Waals surface area contributed by atoms with Crippen LogP contribution in [0.15, 0.2) is 36.7 Å². The minimum absolute atomic E-state index is 0.618. The molecule has 2 aromatic heterocycles. The summed E-state index contributed by atoms with van der Waals surface area (Å²) < 4.78 is 0. The number of hydrogen-bond acceptors (Lipinski definition) is 3. The summed E-state index contributed by atoms with van der Waals surface area (Å²) in [4.78, 5) is 8.31. The molecule has 72 valence electrons. The van der Waals surface area contributed by atoms with Gasteiger partial charge < -0.3 is 0 Å². The van der Waals surface area contributed by atoms with E-state index in [1.165, 1.54) is 0 Å². The molecule has 2 aromatic rings. The van der Waals surface area contributed by atoms with Crippen molar-refractivity contribution in [1.82, 2.24) is 9.97 Å². The average molecular weight is 195 g/mol. The van der Waals surface area contributed by atoms with Gasteiger partial charge >= 0.3 is 0 Å². The summed E-state index contributed by atoms with van der Waals surface area (Å²) in [7, 11) is 0. The van der Waals surface area contributed by atoms with E-state index in [0.717, 1.165) is 17.0 Å². The van der Waals surface area contributed by atoms with Gasteiger partial charge in [-0.1, -0.05) is 0 Å². The minimum Gasteiger partial charge on any atom is -0.265 e. The smallest absolute Gasteiger partial charge is 0.101 e. The first-order valence-electron chi connectivity index (χ1n) is 4.59. The summed E-state index contributed by atoms with van der Waals surface area (Å²) in [5.74, 6) is 0. The molecule has 0 bridgehead atoms. The van der Waals surface area contributed by atoms with Crippen LogP contribution in [0.3, 0.4) is 0 Å². The Morgan fingerprint density at radius 2 is 1.87 bits per heavy atom. The van der Waals surface area contributed by atoms with Crippen LogP contribution in [-0.2, 0) is 0 Å². The second kappa shape index (κ2) is 3.89. The van der Waals surface area contributed by atoms with Crippen molar-refractivity contribution in [2.45, 2.75) is 6.92 Å². The van der Waals surface area contributed by atoms with Crippen molar-refractivity contribution < 1.29 is 0 Å². The molecule has 3 nitrogen and oxygen atoms in total. The zero-order valence-corrected chi connectivity index (χ0v) is 8.31. The first kappa shape index (κ1) is 9.35. The van der Waals surface area contributed by atoms with Gasteiger partial charge in [0.15, 0.2) is 0 Å². The van der Waals surface area contributed by atoms with Gasteiger partial charge in [-0.15, -0.1) is 0 Å². The normalized spacial score (nSPS) is 9.60. The van der Waals surface area contributed by atoms with Crippen molar-refractivity contribution in [1.29, 1.82) is 5.26 Å². The molecule has 3 heteroatoms. The highest BCUT2D eigenvalue weighted by Crippen LogP contribution is 2.17. The summed E-state index contributed by atoms with van der Waals surface area (Å²) in [5.41, 5.74) is 3.26. The Labute approximate surface area is 88.1 Å². The number of nitrogens with zero attached hydrogens (tertiary/aromatic N) is 3. The van der Waals surface area contributed by atoms with Crippen LogP contribution in [0.25, 0.3) is 11.3 Å². The van der Waals surface area contributed by atoms with E-state index in [9.17, 15) is 0 Å². The molecular weight excluding hydrogens is 186 g/mol. The average Bonchev–Trinajstić information content (AvgIpc) is 2.30. The van der Waals surface area contributed by atoms with Gasteiger partial charge in [-0.25, -0.2) is 0 Å². The Morgan fingerprint density at radius 1 is 1.13 bits per heavy atom. The van der Waals surface area contributed by atoms with Crippen LogP contribution in [0.5, 0.6) is 0 Å². The van der Waals surface area contributed by atoms with E-state index in [1.807, 2.05) is 25.1 Å². The molecule has 0 aliphatic carbocycles. The van der Waals surface area contributed by atoms with Crippen molar-refractivity contribution in [2.75, 3.05) is 0 Å². The van der Waals surface area contributed by atoms with E-state index in [4.69, 9.17) is 5.26 Å². The van der Waals surface area contributed by atoms with Crippen LogP contribution >= 0.6 is 0 Å². The van der Waals surface area contributed by atoms with Crippen LogP contribution in [-0.4, -0.2) is 9.97 Å². The van der Waals surface area contributed by atoms with Crippen LogP contribution in [0.2, 0.25) is 0 Å². The van der Waals surface area contributed by atoms with Gasteiger partial charge in [-0.3, -0.25) is 9.97 Å². The monoisotopic (exact) mass is 195 g/mol. The molecule has 0 amide bonds. The number of nitriles is 1. The molecule has 0 saturated heterocycles. The van der Waals surface area contributed by atoms with Crippen LogP contribution in [0.4, 0.5) is 0 Å². The second-order valence-electron chi connectivity index (χ2n) is 3.18. The minimum atomic E-state index is 0.618. The maximum atomic E-state index is 8.78. The van der Waals surface area contributed by atoms with Crippen molar-refractivity contribution in [3.05, 3.63) is 47.9 Å². The number of pyridine rings is 2. The first-order valence-corrected chi connectivity index (χ1v) is 4.59. The Kier molecular flexibility index (Phi) is 2.42. The quantitative estimate of drug-likeness (QED) is 0.701. The Morgan fingerprint density at radius 3 is 2.47 bits per heavy atom. The van der Waals surface area contributed by atoms with Crippen LogP contribution in [0.1, 0.15) is 11.3 Å². The van der Waals surface area contributed by atoms with E-state index >= 15 is 0 Å². The molecule has 0 N–H and O–H groups in total. The highest BCUT2D eigenvalue weighted by molar-refractivity contribution is 5.59. The lowest BCUT2D eigenvalue weighted by Gasteiger charge is -2.02. The van der Waals surface area contributed by atoms with Crippen molar-refractivity contribution >= 4 is 0 Å². The zero-order chi connectivity index (χ0) is 10.7. The third kappa shape index (κ3) is 1.84. The Bertz CT molecular complexity index is 512. The predicted molar refractivity (Wildman–Crippen MR) is 56.9 cm³/mol. The molecule has 0 aromatic carbocycles. The van der Waals surface area contributed by atoms with Crippen LogP contribution in [0, 0.1) is 18.3 Å². The molecule has 0 unspecified atom stereocenters. The molecule has 0 saturated carbocycles. The molecule has 0 atom stereocenters. The third-order valence-corrected chi connectivity index (χ3v) is 2.18. The summed E-state index contributed by atoms with van der Waals surface area (Å²) in [6.45, 7) is 1.84. The van der Waals surface area contributed by atoms with Gasteiger partial charge in [0.25, 0.3) is 0 Å². The topological polar surface area (TPSA) is 49.6 Å². The number of aryl methyl sites for hydroxylation is 1. The summed E-state index contributed by atoms with van der Waals surface area (Å²) >= 11 is 0. The lowest BCUT2D eigenvalue weighted by molar-refractivity contribution is 1.18. The van der Waals surface area contributed by atoms with Gasteiger partial charge in [-0.2, -0.15) is 5.26 Å². The first-order chi connectivity index (χ1) is 7.31. The van der Waals surface area contributed by atoms with E-state index in [-0.39, 0.29) is 0 Å². The molecule has 15 heavy (non-hydrogen) atoms. The van der Waals surface area contributed by atoms with Crippen molar-refractivity contribution in [2.24, 2.45) is 0 Å². The Balaban J connectivity index is 2.49. The van der Waals surface area contributed by atoms with E-state index in [0.29, 0.717) is 5.56 Å². The summed E-state index contributed by atoms with van der Waals surface area (Å²) in [6, 6.07) is 9.53. The molecule has 0 fully saturated rings. The van der Waals surface area contributed by atoms with Gasteiger partial charge in [0, 0.05) is 18.0 Å². The molecular formula is C12H9N3. The van der Waals surface area contributed by atoms with Gasteiger partial charge in [0.05, 0.1) is 17.0 Å². The maximum absolute atomic E-state index is 8.78. The molecule has 2 heterocycles. The number of aromatic nitrogens is 2. The van der Waals surface area contributed by atoms with E-state index < -0.39 is 0 Å². The summed E-state index contributed by atoms with van der Waals surface area (Å²) in [6.07, 6.45) is 3.45. The second-order valence-corrected chi connectivity index (χ2v) is 3.18. The van der Waals surface area contributed by atoms with E-state index in [2.05, 4.69) is 16.0 Å². The largest absolute Gasteiger partial charge is 0.265 e. The fraction of sp³-hybridized carbons (Fsp3) is 0.0833. The third-order valence-electron chi connectivity index (χ3n) is 2.18. The highest BCUT2D eigenvalue weighted by Gasteiger charge is 2.02. The Hall–Kier alpha value is -2.21. The van der Waals surface area contributed by atoms with Gasteiger partial charge in [-0.05, 0) is 31.2 Å². The molecule has 0 aliphatic rings. The predicted octanol–water partition coefficient (Wildman–Crippen LogP) is 2.32. The van der Waals surface area contributed by atoms with Crippen LogP contribution < -0.4 is 0 Å². The molecule has 2 rings (SSSR count). The highest BCUT2D eigenvalue weighted by atomic mass is 14.7. The lowest BCUT2D eigenvalue weighted by Crippen LogP contribution is -1.90. The fourth-order valence-electron chi connectivity index (χ4n) is 1.36. The number of rotatable bonds is 1. The van der Waals surface area contributed by atoms with Gasteiger partial charge in [0.1, 0.15) is 6.07 Å². The summed E-state index contributed by atoms with van der Waals surface area (Å²) in [5, 5.41) is 8.78. The zero-order valence-electron chi connectivity index (χ0n) is 8.31. The standard InChI is InChI=1S/C12H9N3/c1-9-11(8-13)2-3-12(15-9)10-4-6-14-7-5-10/h2-7H,1H3. The molecule has 0 aliphatic heterocycles. The van der Waals surface area contributed by atoms with Crippen molar-refractivity contribution in [3.63, 3.8) is 0 Å².